The Morgan fingerprint density at radius 3 is 2.56 bits per heavy atom. The molecule has 0 saturated carbocycles. The number of morpholine rings is 1. The molecule has 0 bridgehead atoms. The fourth-order valence-electron chi connectivity index (χ4n) is 3.09. The van der Waals surface area contributed by atoms with Crippen molar-refractivity contribution in [2.24, 2.45) is 0 Å². The predicted octanol–water partition coefficient (Wildman–Crippen LogP) is 3.54. The van der Waals surface area contributed by atoms with Crippen LogP contribution in [-0.4, -0.2) is 50.9 Å². The number of nitrogens with one attached hydrogen (secondary N) is 2. The molecule has 0 radical (unpaired) electrons. The predicted molar refractivity (Wildman–Crippen MR) is 107 cm³/mol. The number of anilines is 1. The average molecular weight is 390 g/mol. The summed E-state index contributed by atoms with van der Waals surface area (Å²) in [5.74, 6) is 0.809. The van der Waals surface area contributed by atoms with Crippen molar-refractivity contribution >= 4 is 23.3 Å². The summed E-state index contributed by atoms with van der Waals surface area (Å²) in [6, 6.07) is 14.9. The summed E-state index contributed by atoms with van der Waals surface area (Å²) in [5.41, 5.74) is 1.71. The number of halogens is 1. The van der Waals surface area contributed by atoms with Gasteiger partial charge in [-0.15, -0.1) is 0 Å². The van der Waals surface area contributed by atoms with Gasteiger partial charge in [0.1, 0.15) is 5.75 Å². The van der Waals surface area contributed by atoms with Crippen LogP contribution in [0.4, 0.5) is 10.5 Å². The zero-order valence-corrected chi connectivity index (χ0v) is 16.0. The van der Waals surface area contributed by atoms with Crippen LogP contribution in [0.5, 0.6) is 5.75 Å². The van der Waals surface area contributed by atoms with Gasteiger partial charge in [-0.3, -0.25) is 4.90 Å². The van der Waals surface area contributed by atoms with Crippen molar-refractivity contribution in [1.82, 2.24) is 10.2 Å². The number of carbonyl (C=O) groups is 1. The van der Waals surface area contributed by atoms with Crippen LogP contribution in [0, 0.1) is 0 Å². The van der Waals surface area contributed by atoms with Gasteiger partial charge >= 0.3 is 6.03 Å². The van der Waals surface area contributed by atoms with Crippen molar-refractivity contribution in [3.63, 3.8) is 0 Å². The minimum atomic E-state index is -0.283. The van der Waals surface area contributed by atoms with Crippen LogP contribution in [0.3, 0.4) is 0 Å². The van der Waals surface area contributed by atoms with E-state index in [0.717, 1.165) is 24.4 Å². The lowest BCUT2D eigenvalue weighted by Crippen LogP contribution is -2.44. The molecule has 7 heteroatoms. The Labute approximate surface area is 164 Å². The molecule has 144 valence electrons. The van der Waals surface area contributed by atoms with Crippen LogP contribution in [0.25, 0.3) is 0 Å². The minimum Gasteiger partial charge on any atom is -0.497 e. The molecule has 0 spiro atoms. The second-order valence-electron chi connectivity index (χ2n) is 6.25. The van der Waals surface area contributed by atoms with E-state index in [1.165, 1.54) is 0 Å². The molecule has 0 aromatic heterocycles. The highest BCUT2D eigenvalue weighted by molar-refractivity contribution is 6.33. The maximum Gasteiger partial charge on any atom is 0.319 e. The number of para-hydroxylation sites is 1. The first-order valence-electron chi connectivity index (χ1n) is 8.92. The largest absolute Gasteiger partial charge is 0.497 e. The van der Waals surface area contributed by atoms with E-state index < -0.39 is 0 Å². The van der Waals surface area contributed by atoms with E-state index in [0.29, 0.717) is 30.5 Å². The zero-order chi connectivity index (χ0) is 19.1. The van der Waals surface area contributed by atoms with Gasteiger partial charge in [0.05, 0.1) is 37.1 Å². The summed E-state index contributed by atoms with van der Waals surface area (Å²) in [6.07, 6.45) is 0. The van der Waals surface area contributed by atoms with Crippen LogP contribution >= 0.6 is 11.6 Å². The molecular formula is C20H24ClN3O3. The molecule has 2 amide bonds. The van der Waals surface area contributed by atoms with Crippen LogP contribution in [0.2, 0.25) is 5.02 Å². The van der Waals surface area contributed by atoms with Crippen LogP contribution in [0.15, 0.2) is 48.5 Å². The van der Waals surface area contributed by atoms with Crippen LogP contribution in [-0.2, 0) is 4.74 Å². The molecule has 1 saturated heterocycles. The third-order valence-electron chi connectivity index (χ3n) is 4.57. The van der Waals surface area contributed by atoms with Crippen molar-refractivity contribution < 1.29 is 14.3 Å². The fraction of sp³-hybridized carbons (Fsp3) is 0.350. The molecule has 1 unspecified atom stereocenters. The van der Waals surface area contributed by atoms with Gasteiger partial charge in [-0.2, -0.15) is 0 Å². The number of amides is 2. The van der Waals surface area contributed by atoms with E-state index in [9.17, 15) is 4.79 Å². The van der Waals surface area contributed by atoms with E-state index in [4.69, 9.17) is 21.1 Å². The van der Waals surface area contributed by atoms with Crippen LogP contribution in [0.1, 0.15) is 11.6 Å². The molecule has 0 aliphatic carbocycles. The Kier molecular flexibility index (Phi) is 6.92. The number of hydrogen-bond acceptors (Lipinski definition) is 4. The van der Waals surface area contributed by atoms with Gasteiger partial charge < -0.3 is 20.1 Å². The maximum absolute atomic E-state index is 12.3. The molecule has 27 heavy (non-hydrogen) atoms. The van der Waals surface area contributed by atoms with E-state index in [1.807, 2.05) is 36.4 Å². The third-order valence-corrected chi connectivity index (χ3v) is 4.89. The second-order valence-corrected chi connectivity index (χ2v) is 6.66. The molecule has 1 atom stereocenters. The lowest BCUT2D eigenvalue weighted by Gasteiger charge is -2.35. The van der Waals surface area contributed by atoms with Gasteiger partial charge in [0.2, 0.25) is 0 Å². The van der Waals surface area contributed by atoms with Crippen molar-refractivity contribution in [1.29, 1.82) is 0 Å². The quantitative estimate of drug-likeness (QED) is 0.793. The first-order chi connectivity index (χ1) is 13.2. The number of urea groups is 1. The Hall–Kier alpha value is -2.28. The number of carbonyl (C=O) groups excluding carboxylic acids is 1. The molecule has 2 aromatic carbocycles. The Morgan fingerprint density at radius 1 is 1.19 bits per heavy atom. The van der Waals surface area contributed by atoms with E-state index >= 15 is 0 Å². The molecule has 1 heterocycles. The van der Waals surface area contributed by atoms with E-state index in [2.05, 4.69) is 15.5 Å². The summed E-state index contributed by atoms with van der Waals surface area (Å²) in [7, 11) is 1.65. The number of rotatable bonds is 6. The Morgan fingerprint density at radius 2 is 1.89 bits per heavy atom. The molecule has 2 aromatic rings. The molecule has 1 fully saturated rings. The van der Waals surface area contributed by atoms with Gasteiger partial charge in [-0.1, -0.05) is 35.9 Å². The maximum atomic E-state index is 12.3. The summed E-state index contributed by atoms with van der Waals surface area (Å²) < 4.78 is 10.7. The number of benzene rings is 2. The molecule has 1 aliphatic heterocycles. The summed E-state index contributed by atoms with van der Waals surface area (Å²) >= 11 is 6.10. The third kappa shape index (κ3) is 5.35. The highest BCUT2D eigenvalue weighted by Crippen LogP contribution is 2.24. The minimum absolute atomic E-state index is 0.0526. The highest BCUT2D eigenvalue weighted by Gasteiger charge is 2.23. The van der Waals surface area contributed by atoms with Gasteiger partial charge in [0, 0.05) is 19.6 Å². The molecule has 3 rings (SSSR count). The van der Waals surface area contributed by atoms with Crippen molar-refractivity contribution in [3.8, 4) is 5.75 Å². The number of hydrogen-bond donors (Lipinski definition) is 2. The molecule has 1 aliphatic rings. The zero-order valence-electron chi connectivity index (χ0n) is 15.3. The van der Waals surface area contributed by atoms with Crippen molar-refractivity contribution in [2.45, 2.75) is 6.04 Å². The highest BCUT2D eigenvalue weighted by atomic mass is 35.5. The van der Waals surface area contributed by atoms with Crippen molar-refractivity contribution in [3.05, 3.63) is 59.1 Å². The summed E-state index contributed by atoms with van der Waals surface area (Å²) in [4.78, 5) is 14.7. The Balaban J connectivity index is 1.67. The summed E-state index contributed by atoms with van der Waals surface area (Å²) in [6.45, 7) is 3.51. The Bertz CT molecular complexity index is 748. The first-order valence-corrected chi connectivity index (χ1v) is 9.30. The smallest absolute Gasteiger partial charge is 0.319 e. The SMILES string of the molecule is COc1ccc(C(CNC(=O)Nc2ccccc2Cl)N2CCOCC2)cc1. The van der Waals surface area contributed by atoms with Gasteiger partial charge in [0.25, 0.3) is 0 Å². The topological polar surface area (TPSA) is 62.8 Å². The van der Waals surface area contributed by atoms with Gasteiger partial charge in [-0.25, -0.2) is 4.79 Å². The monoisotopic (exact) mass is 389 g/mol. The lowest BCUT2D eigenvalue weighted by atomic mass is 10.0. The fourth-order valence-corrected chi connectivity index (χ4v) is 3.27. The van der Waals surface area contributed by atoms with Gasteiger partial charge in [-0.05, 0) is 29.8 Å². The molecule has 6 nitrogen and oxygen atoms in total. The average Bonchev–Trinajstić information content (AvgIpc) is 2.71. The summed E-state index contributed by atoms with van der Waals surface area (Å²) in [5, 5.41) is 6.26. The lowest BCUT2D eigenvalue weighted by molar-refractivity contribution is 0.0167. The molecular weight excluding hydrogens is 366 g/mol. The number of nitrogens with zero attached hydrogens (tertiary/aromatic N) is 1. The standard InChI is InChI=1S/C20H24ClN3O3/c1-26-16-8-6-15(7-9-16)19(24-10-12-27-13-11-24)14-22-20(25)23-18-5-3-2-4-17(18)21/h2-9,19H,10-14H2,1H3,(H2,22,23,25). The number of methoxy groups -OCH3 is 1. The molecule has 2 N–H and O–H groups in total. The number of ether oxygens (including phenoxy) is 2. The first kappa shape index (κ1) is 19.5. The van der Waals surface area contributed by atoms with Crippen molar-refractivity contribution in [2.75, 3.05) is 45.3 Å². The normalized spacial score (nSPS) is 15.8. The van der Waals surface area contributed by atoms with Gasteiger partial charge in [0.15, 0.2) is 0 Å². The van der Waals surface area contributed by atoms with E-state index in [1.54, 1.807) is 19.2 Å². The van der Waals surface area contributed by atoms with E-state index in [-0.39, 0.29) is 12.1 Å². The van der Waals surface area contributed by atoms with Crippen LogP contribution < -0.4 is 15.4 Å². The second kappa shape index (κ2) is 9.60.